The molecule has 0 saturated carbocycles. The maximum absolute atomic E-state index is 5.86. The first-order valence-electron chi connectivity index (χ1n) is 5.26. The number of aromatic nitrogens is 2. The summed E-state index contributed by atoms with van der Waals surface area (Å²) in [6.07, 6.45) is 1.62. The Morgan fingerprint density at radius 2 is 1.89 bits per heavy atom. The topological polar surface area (TPSA) is 37.8 Å². The van der Waals surface area contributed by atoms with Crippen molar-refractivity contribution in [3.05, 3.63) is 50.8 Å². The predicted octanol–water partition coefficient (Wildman–Crippen LogP) is 4.72. The molecule has 1 unspecified atom stereocenters. The molecule has 0 bridgehead atoms. The lowest BCUT2D eigenvalue weighted by Gasteiger charge is -2.15. The van der Waals surface area contributed by atoms with Crippen LogP contribution in [-0.2, 0) is 0 Å². The number of rotatable bonds is 3. The van der Waals surface area contributed by atoms with Gasteiger partial charge < -0.3 is 5.32 Å². The van der Waals surface area contributed by atoms with E-state index < -0.39 is 0 Å². The lowest BCUT2D eigenvalue weighted by Crippen LogP contribution is -2.08. The van der Waals surface area contributed by atoms with Gasteiger partial charge in [0.25, 0.3) is 0 Å². The van der Waals surface area contributed by atoms with Crippen LogP contribution in [0.4, 0.5) is 5.82 Å². The molecule has 1 atom stereocenters. The summed E-state index contributed by atoms with van der Waals surface area (Å²) in [5.41, 5.74) is 1.11. The normalized spacial score (nSPS) is 12.2. The van der Waals surface area contributed by atoms with Gasteiger partial charge in [-0.25, -0.2) is 4.98 Å². The van der Waals surface area contributed by atoms with E-state index in [1.807, 2.05) is 31.2 Å². The van der Waals surface area contributed by atoms with E-state index in [0.717, 1.165) is 15.1 Å². The second kappa shape index (κ2) is 5.87. The van der Waals surface area contributed by atoms with Crippen LogP contribution >= 0.6 is 39.1 Å². The molecule has 1 N–H and O–H groups in total. The van der Waals surface area contributed by atoms with Gasteiger partial charge in [0.2, 0.25) is 5.28 Å². The SMILES string of the molecule is CC(Nc1nc(Cl)ncc1Br)c1ccc(Cl)cc1. The average molecular weight is 347 g/mol. The van der Waals surface area contributed by atoms with E-state index in [4.69, 9.17) is 23.2 Å². The molecule has 2 rings (SSSR count). The van der Waals surface area contributed by atoms with E-state index in [1.165, 1.54) is 0 Å². The Morgan fingerprint density at radius 1 is 1.22 bits per heavy atom. The van der Waals surface area contributed by atoms with Crippen LogP contribution in [-0.4, -0.2) is 9.97 Å². The molecule has 1 aromatic carbocycles. The Balaban J connectivity index is 2.18. The third kappa shape index (κ3) is 3.34. The standard InChI is InChI=1S/C12H10BrCl2N3/c1-7(8-2-4-9(14)5-3-8)17-11-10(13)6-16-12(15)18-11/h2-7H,1H3,(H,16,17,18). The molecule has 2 aromatic rings. The van der Waals surface area contributed by atoms with Gasteiger partial charge in [0.1, 0.15) is 5.82 Å². The number of hydrogen-bond acceptors (Lipinski definition) is 3. The Labute approximate surface area is 124 Å². The van der Waals surface area contributed by atoms with Crippen LogP contribution in [0.5, 0.6) is 0 Å². The fourth-order valence-electron chi connectivity index (χ4n) is 1.49. The van der Waals surface area contributed by atoms with Crippen molar-refractivity contribution in [1.82, 2.24) is 9.97 Å². The highest BCUT2D eigenvalue weighted by Gasteiger charge is 2.09. The summed E-state index contributed by atoms with van der Waals surface area (Å²) >= 11 is 15.0. The molecule has 6 heteroatoms. The first-order valence-corrected chi connectivity index (χ1v) is 6.81. The van der Waals surface area contributed by atoms with Crippen LogP contribution in [0.1, 0.15) is 18.5 Å². The van der Waals surface area contributed by atoms with Crippen molar-refractivity contribution in [3.8, 4) is 0 Å². The molecule has 1 aromatic heterocycles. The highest BCUT2D eigenvalue weighted by Crippen LogP contribution is 2.25. The van der Waals surface area contributed by atoms with Crippen LogP contribution in [0.25, 0.3) is 0 Å². The summed E-state index contributed by atoms with van der Waals surface area (Å²) in [5, 5.41) is 4.19. The number of nitrogens with zero attached hydrogens (tertiary/aromatic N) is 2. The zero-order valence-electron chi connectivity index (χ0n) is 9.49. The third-order valence-corrected chi connectivity index (χ3v) is 3.45. The minimum absolute atomic E-state index is 0.0875. The van der Waals surface area contributed by atoms with Gasteiger partial charge in [0.15, 0.2) is 0 Å². The minimum atomic E-state index is 0.0875. The van der Waals surface area contributed by atoms with E-state index in [0.29, 0.717) is 5.82 Å². The fraction of sp³-hybridized carbons (Fsp3) is 0.167. The van der Waals surface area contributed by atoms with Gasteiger partial charge in [-0.1, -0.05) is 23.7 Å². The molecule has 94 valence electrons. The van der Waals surface area contributed by atoms with Crippen molar-refractivity contribution in [2.45, 2.75) is 13.0 Å². The Kier molecular flexibility index (Phi) is 4.43. The van der Waals surface area contributed by atoms with Crippen LogP contribution in [0.3, 0.4) is 0 Å². The number of benzene rings is 1. The van der Waals surface area contributed by atoms with Gasteiger partial charge in [-0.05, 0) is 52.2 Å². The van der Waals surface area contributed by atoms with E-state index in [1.54, 1.807) is 6.20 Å². The smallest absolute Gasteiger partial charge is 0.224 e. The van der Waals surface area contributed by atoms with E-state index >= 15 is 0 Å². The Bertz CT molecular complexity index is 546. The largest absolute Gasteiger partial charge is 0.362 e. The molecule has 0 spiro atoms. The van der Waals surface area contributed by atoms with Gasteiger partial charge in [-0.2, -0.15) is 4.98 Å². The Hall–Kier alpha value is -0.840. The summed E-state index contributed by atoms with van der Waals surface area (Å²) in [5.74, 6) is 0.664. The van der Waals surface area contributed by atoms with Crippen molar-refractivity contribution in [1.29, 1.82) is 0 Å². The number of halogens is 3. The summed E-state index contributed by atoms with van der Waals surface area (Å²) in [6.45, 7) is 2.03. The first kappa shape index (κ1) is 13.6. The zero-order chi connectivity index (χ0) is 13.1. The van der Waals surface area contributed by atoms with Gasteiger partial charge in [-0.3, -0.25) is 0 Å². The molecular weight excluding hydrogens is 337 g/mol. The molecule has 0 amide bonds. The van der Waals surface area contributed by atoms with Gasteiger partial charge in [0.05, 0.1) is 4.47 Å². The van der Waals surface area contributed by atoms with Crippen LogP contribution in [0, 0.1) is 0 Å². The zero-order valence-corrected chi connectivity index (χ0v) is 12.6. The molecule has 0 saturated heterocycles. The van der Waals surface area contributed by atoms with Crippen molar-refractivity contribution < 1.29 is 0 Å². The van der Waals surface area contributed by atoms with Gasteiger partial charge in [0, 0.05) is 17.3 Å². The van der Waals surface area contributed by atoms with Crippen molar-refractivity contribution in [2.75, 3.05) is 5.32 Å². The third-order valence-electron chi connectivity index (χ3n) is 2.44. The monoisotopic (exact) mass is 345 g/mol. The number of nitrogens with one attached hydrogen (secondary N) is 1. The minimum Gasteiger partial charge on any atom is -0.362 e. The second-order valence-electron chi connectivity index (χ2n) is 3.75. The summed E-state index contributed by atoms with van der Waals surface area (Å²) in [4.78, 5) is 8.01. The van der Waals surface area contributed by atoms with E-state index in [-0.39, 0.29) is 11.3 Å². The van der Waals surface area contributed by atoms with Crippen molar-refractivity contribution in [2.24, 2.45) is 0 Å². The van der Waals surface area contributed by atoms with Crippen LogP contribution in [0.15, 0.2) is 34.9 Å². The Morgan fingerprint density at radius 3 is 2.56 bits per heavy atom. The number of anilines is 1. The molecule has 1 heterocycles. The summed E-state index contributed by atoms with van der Waals surface area (Å²) < 4.78 is 0.771. The molecule has 0 aliphatic carbocycles. The summed E-state index contributed by atoms with van der Waals surface area (Å²) in [6, 6.07) is 7.74. The molecule has 0 radical (unpaired) electrons. The molecule has 18 heavy (non-hydrogen) atoms. The molecule has 0 aliphatic rings. The van der Waals surface area contributed by atoms with Crippen molar-refractivity contribution in [3.63, 3.8) is 0 Å². The van der Waals surface area contributed by atoms with Gasteiger partial charge >= 0.3 is 0 Å². The van der Waals surface area contributed by atoms with E-state index in [2.05, 4.69) is 31.2 Å². The quantitative estimate of drug-likeness (QED) is 0.817. The van der Waals surface area contributed by atoms with Crippen LogP contribution in [0.2, 0.25) is 10.3 Å². The molecule has 3 nitrogen and oxygen atoms in total. The van der Waals surface area contributed by atoms with Gasteiger partial charge in [-0.15, -0.1) is 0 Å². The lowest BCUT2D eigenvalue weighted by atomic mass is 10.1. The first-order chi connectivity index (χ1) is 8.56. The fourth-order valence-corrected chi connectivity index (χ4v) is 2.05. The summed E-state index contributed by atoms with van der Waals surface area (Å²) in [7, 11) is 0. The van der Waals surface area contributed by atoms with Crippen LogP contribution < -0.4 is 5.32 Å². The highest BCUT2D eigenvalue weighted by atomic mass is 79.9. The maximum atomic E-state index is 5.86. The maximum Gasteiger partial charge on any atom is 0.224 e. The lowest BCUT2D eigenvalue weighted by molar-refractivity contribution is 0.870. The van der Waals surface area contributed by atoms with Crippen molar-refractivity contribution >= 4 is 44.9 Å². The predicted molar refractivity (Wildman–Crippen MR) is 78.2 cm³/mol. The van der Waals surface area contributed by atoms with E-state index in [9.17, 15) is 0 Å². The average Bonchev–Trinajstić information content (AvgIpc) is 2.34. The number of hydrogen-bond donors (Lipinski definition) is 1. The molecule has 0 fully saturated rings. The second-order valence-corrected chi connectivity index (χ2v) is 5.38. The highest BCUT2D eigenvalue weighted by molar-refractivity contribution is 9.10. The molecular formula is C12H10BrCl2N3. The molecule has 0 aliphatic heterocycles.